The van der Waals surface area contributed by atoms with Gasteiger partial charge in [-0.2, -0.15) is 10.4 Å². The number of rotatable bonds is 1. The summed E-state index contributed by atoms with van der Waals surface area (Å²) in [4.78, 5) is 13.3. The molecule has 3 aromatic rings. The standard InChI is InChI=1S/C21H17FN6O2/c1-11-6-14-18(26-30-20(14)12-2-3-16(22)13(7-12)8-23)19-15-10-27(21(24)29)5-4-17(15)25-28(19)9-11/h2-3,7H,1,4-6,9-10H2,(H2,24,29). The quantitative estimate of drug-likeness (QED) is 0.627. The van der Waals surface area contributed by atoms with Crippen LogP contribution in [0.25, 0.3) is 22.7 Å². The van der Waals surface area contributed by atoms with E-state index in [1.165, 1.54) is 12.1 Å². The van der Waals surface area contributed by atoms with E-state index in [-0.39, 0.29) is 5.56 Å². The minimum atomic E-state index is -0.588. The largest absolute Gasteiger partial charge is 0.355 e. The van der Waals surface area contributed by atoms with Gasteiger partial charge in [0.1, 0.15) is 17.6 Å². The van der Waals surface area contributed by atoms with E-state index in [1.54, 1.807) is 11.0 Å². The summed E-state index contributed by atoms with van der Waals surface area (Å²) in [5.41, 5.74) is 10.9. The Hall–Kier alpha value is -3.93. The van der Waals surface area contributed by atoms with Gasteiger partial charge < -0.3 is 15.2 Å². The maximum atomic E-state index is 13.8. The summed E-state index contributed by atoms with van der Waals surface area (Å²) >= 11 is 0. The van der Waals surface area contributed by atoms with Crippen molar-refractivity contribution >= 4 is 6.03 Å². The van der Waals surface area contributed by atoms with Crippen LogP contribution in [-0.2, 0) is 25.9 Å². The molecule has 5 rings (SSSR count). The van der Waals surface area contributed by atoms with Crippen molar-refractivity contribution in [2.75, 3.05) is 6.54 Å². The average Bonchev–Trinajstić information content (AvgIpc) is 3.24. The first-order valence-electron chi connectivity index (χ1n) is 9.44. The third-order valence-corrected chi connectivity index (χ3v) is 5.57. The van der Waals surface area contributed by atoms with Crippen LogP contribution in [0.5, 0.6) is 0 Å². The lowest BCUT2D eigenvalue weighted by atomic mass is 9.97. The molecule has 8 nitrogen and oxygen atoms in total. The molecule has 2 aliphatic heterocycles. The lowest BCUT2D eigenvalue weighted by molar-refractivity contribution is 0.202. The topological polar surface area (TPSA) is 114 Å². The monoisotopic (exact) mass is 404 g/mol. The Bertz CT molecular complexity index is 1270. The molecule has 9 heteroatoms. The first kappa shape index (κ1) is 18.1. The average molecular weight is 404 g/mol. The van der Waals surface area contributed by atoms with E-state index in [4.69, 9.17) is 20.6 Å². The Morgan fingerprint density at radius 2 is 2.17 bits per heavy atom. The molecule has 4 heterocycles. The Morgan fingerprint density at radius 3 is 2.93 bits per heavy atom. The smallest absolute Gasteiger partial charge is 0.315 e. The Morgan fingerprint density at radius 1 is 1.33 bits per heavy atom. The lowest BCUT2D eigenvalue weighted by Gasteiger charge is -2.24. The molecule has 30 heavy (non-hydrogen) atoms. The zero-order valence-corrected chi connectivity index (χ0v) is 16.0. The summed E-state index contributed by atoms with van der Waals surface area (Å²) in [6.45, 7) is 5.54. The number of urea groups is 1. The van der Waals surface area contributed by atoms with Gasteiger partial charge in [0.2, 0.25) is 0 Å². The van der Waals surface area contributed by atoms with Gasteiger partial charge in [-0.1, -0.05) is 17.3 Å². The highest BCUT2D eigenvalue weighted by Gasteiger charge is 2.33. The summed E-state index contributed by atoms with van der Waals surface area (Å²) in [6.07, 6.45) is 1.11. The second-order valence-corrected chi connectivity index (χ2v) is 7.51. The molecule has 2 aromatic heterocycles. The number of primary amides is 1. The second kappa shape index (κ2) is 6.56. The number of fused-ring (bicyclic) bond motifs is 5. The number of hydrogen-bond donors (Lipinski definition) is 1. The number of hydrogen-bond acceptors (Lipinski definition) is 5. The fourth-order valence-electron chi connectivity index (χ4n) is 4.15. The Labute approximate surface area is 171 Å². The minimum absolute atomic E-state index is 0.0652. The lowest BCUT2D eigenvalue weighted by Crippen LogP contribution is -2.39. The van der Waals surface area contributed by atoms with E-state index in [9.17, 15) is 9.18 Å². The van der Waals surface area contributed by atoms with E-state index in [0.717, 1.165) is 28.1 Å². The molecule has 0 spiro atoms. The zero-order valence-electron chi connectivity index (χ0n) is 16.0. The summed E-state index contributed by atoms with van der Waals surface area (Å²) in [5.74, 6) is -0.122. The SMILES string of the molecule is C=C1Cc2c(noc2-c2ccc(F)c(C#N)c2)-c2c3c(nn2C1)CCN(C(N)=O)C3. The zero-order chi connectivity index (χ0) is 21.0. The minimum Gasteiger partial charge on any atom is -0.355 e. The third-order valence-electron chi connectivity index (χ3n) is 5.57. The fraction of sp³-hybridized carbons (Fsp3) is 0.238. The normalized spacial score (nSPS) is 15.1. The number of amides is 2. The van der Waals surface area contributed by atoms with Crippen LogP contribution < -0.4 is 5.73 Å². The van der Waals surface area contributed by atoms with E-state index < -0.39 is 11.8 Å². The second-order valence-electron chi connectivity index (χ2n) is 7.51. The number of allylic oxidation sites excluding steroid dienone is 1. The van der Waals surface area contributed by atoms with Crippen molar-refractivity contribution in [1.82, 2.24) is 19.8 Å². The molecule has 0 saturated carbocycles. The molecule has 2 N–H and O–H groups in total. The van der Waals surface area contributed by atoms with Crippen LogP contribution >= 0.6 is 0 Å². The number of benzene rings is 1. The van der Waals surface area contributed by atoms with Crippen molar-refractivity contribution in [3.63, 3.8) is 0 Å². The summed E-state index contributed by atoms with van der Waals surface area (Å²) < 4.78 is 21.3. The van der Waals surface area contributed by atoms with E-state index >= 15 is 0 Å². The van der Waals surface area contributed by atoms with Crippen LogP contribution in [0.1, 0.15) is 22.4 Å². The molecule has 0 radical (unpaired) electrons. The van der Waals surface area contributed by atoms with Crippen LogP contribution in [0, 0.1) is 17.1 Å². The first-order valence-corrected chi connectivity index (χ1v) is 9.44. The molecule has 1 aromatic carbocycles. The number of carbonyl (C=O) groups excluding carboxylic acids is 1. The van der Waals surface area contributed by atoms with Crippen molar-refractivity contribution in [2.24, 2.45) is 5.73 Å². The molecule has 0 aliphatic carbocycles. The van der Waals surface area contributed by atoms with E-state index in [1.807, 2.05) is 10.8 Å². The molecule has 2 amide bonds. The predicted octanol–water partition coefficient (Wildman–Crippen LogP) is 2.76. The molecule has 0 fully saturated rings. The van der Waals surface area contributed by atoms with Gasteiger partial charge in [-0.25, -0.2) is 9.18 Å². The number of nitrogens with two attached hydrogens (primary N) is 1. The van der Waals surface area contributed by atoms with Crippen molar-refractivity contribution in [3.8, 4) is 28.8 Å². The summed E-state index contributed by atoms with van der Waals surface area (Å²) in [7, 11) is 0. The number of nitrogens with zero attached hydrogens (tertiary/aromatic N) is 5. The number of halogens is 1. The van der Waals surface area contributed by atoms with E-state index in [0.29, 0.717) is 49.5 Å². The van der Waals surface area contributed by atoms with Crippen LogP contribution in [0.15, 0.2) is 34.9 Å². The first-order chi connectivity index (χ1) is 14.5. The summed E-state index contributed by atoms with van der Waals surface area (Å²) in [6, 6.07) is 5.62. The maximum absolute atomic E-state index is 13.8. The van der Waals surface area contributed by atoms with Gasteiger partial charge in [0.25, 0.3) is 0 Å². The van der Waals surface area contributed by atoms with E-state index in [2.05, 4.69) is 11.7 Å². The number of aromatic nitrogens is 3. The van der Waals surface area contributed by atoms with Crippen molar-refractivity contribution in [1.29, 1.82) is 5.26 Å². The Kier molecular flexibility index (Phi) is 3.96. The Balaban J connectivity index is 1.68. The molecule has 2 aliphatic rings. The predicted molar refractivity (Wildman–Crippen MR) is 104 cm³/mol. The molecule has 0 bridgehead atoms. The van der Waals surface area contributed by atoms with Crippen LogP contribution in [0.4, 0.5) is 9.18 Å². The molecule has 0 unspecified atom stereocenters. The van der Waals surface area contributed by atoms with Gasteiger partial charge in [-0.15, -0.1) is 0 Å². The van der Waals surface area contributed by atoms with Crippen molar-refractivity contribution < 1.29 is 13.7 Å². The molecular formula is C21H17FN6O2. The highest BCUT2D eigenvalue weighted by molar-refractivity contribution is 5.77. The van der Waals surface area contributed by atoms with Gasteiger partial charge in [-0.05, 0) is 18.2 Å². The number of carbonyl (C=O) groups is 1. The van der Waals surface area contributed by atoms with Crippen LogP contribution in [-0.4, -0.2) is 32.4 Å². The maximum Gasteiger partial charge on any atom is 0.315 e. The van der Waals surface area contributed by atoms with Gasteiger partial charge in [-0.3, -0.25) is 4.68 Å². The van der Waals surface area contributed by atoms with Gasteiger partial charge >= 0.3 is 6.03 Å². The molecular weight excluding hydrogens is 387 g/mol. The van der Waals surface area contributed by atoms with Gasteiger partial charge in [0.05, 0.1) is 30.0 Å². The van der Waals surface area contributed by atoms with Gasteiger partial charge in [0.15, 0.2) is 5.76 Å². The summed E-state index contributed by atoms with van der Waals surface area (Å²) in [5, 5.41) is 18.2. The highest BCUT2D eigenvalue weighted by Crippen LogP contribution is 2.40. The molecule has 0 saturated heterocycles. The third kappa shape index (κ3) is 2.69. The molecule has 150 valence electrons. The number of nitriles is 1. The fourth-order valence-corrected chi connectivity index (χ4v) is 4.15. The van der Waals surface area contributed by atoms with Crippen LogP contribution in [0.3, 0.4) is 0 Å². The highest BCUT2D eigenvalue weighted by atomic mass is 19.1. The molecule has 0 atom stereocenters. The van der Waals surface area contributed by atoms with Crippen LogP contribution in [0.2, 0.25) is 0 Å². The van der Waals surface area contributed by atoms with Crippen molar-refractivity contribution in [3.05, 3.63) is 58.6 Å². The van der Waals surface area contributed by atoms with Crippen molar-refractivity contribution in [2.45, 2.75) is 25.9 Å². The van der Waals surface area contributed by atoms with Gasteiger partial charge in [0, 0.05) is 36.1 Å².